The fraction of sp³-hybridized carbons (Fsp3) is 0.455. The molecule has 1 aromatic rings. The molecule has 1 rings (SSSR count). The van der Waals surface area contributed by atoms with E-state index in [9.17, 15) is 9.50 Å². The van der Waals surface area contributed by atoms with Crippen molar-refractivity contribution in [1.29, 1.82) is 0 Å². The standard InChI is InChI=1S/C11H15FOS/c1-3-9(13)11-8(12)6-5-7-10(11)14-4-2/h5-7,9,13H,3-4H2,1-2H3/t9-/m0/s1. The van der Waals surface area contributed by atoms with Crippen molar-refractivity contribution in [3.63, 3.8) is 0 Å². The molecule has 0 saturated carbocycles. The lowest BCUT2D eigenvalue weighted by Gasteiger charge is -2.13. The first-order valence-corrected chi connectivity index (χ1v) is 5.78. The van der Waals surface area contributed by atoms with Gasteiger partial charge in [0, 0.05) is 10.5 Å². The van der Waals surface area contributed by atoms with Crippen molar-refractivity contribution in [2.75, 3.05) is 5.75 Å². The lowest BCUT2D eigenvalue weighted by molar-refractivity contribution is 0.166. The van der Waals surface area contributed by atoms with Crippen LogP contribution in [0.2, 0.25) is 0 Å². The highest BCUT2D eigenvalue weighted by Gasteiger charge is 2.15. The predicted molar refractivity (Wildman–Crippen MR) is 58.0 cm³/mol. The Morgan fingerprint density at radius 2 is 2.14 bits per heavy atom. The minimum absolute atomic E-state index is 0.308. The van der Waals surface area contributed by atoms with Gasteiger partial charge in [0.25, 0.3) is 0 Å². The normalized spacial score (nSPS) is 12.9. The van der Waals surface area contributed by atoms with E-state index in [0.29, 0.717) is 12.0 Å². The van der Waals surface area contributed by atoms with Crippen molar-refractivity contribution in [2.24, 2.45) is 0 Å². The van der Waals surface area contributed by atoms with E-state index in [0.717, 1.165) is 10.6 Å². The summed E-state index contributed by atoms with van der Waals surface area (Å²) in [5.41, 5.74) is 0.446. The summed E-state index contributed by atoms with van der Waals surface area (Å²) < 4.78 is 13.4. The van der Waals surface area contributed by atoms with Crippen molar-refractivity contribution < 1.29 is 9.50 Å². The van der Waals surface area contributed by atoms with Gasteiger partial charge in [-0.25, -0.2) is 4.39 Å². The molecule has 0 aromatic heterocycles. The van der Waals surface area contributed by atoms with Gasteiger partial charge in [-0.15, -0.1) is 11.8 Å². The SMILES string of the molecule is CCSc1cccc(F)c1[C@@H](O)CC. The molecule has 0 radical (unpaired) electrons. The Bertz CT molecular complexity index is 301. The molecule has 0 saturated heterocycles. The molecule has 3 heteroatoms. The number of thioether (sulfide) groups is 1. The average molecular weight is 214 g/mol. The molecular formula is C11H15FOS. The molecule has 0 heterocycles. The molecule has 0 unspecified atom stereocenters. The van der Waals surface area contributed by atoms with Crippen LogP contribution in [0.4, 0.5) is 4.39 Å². The summed E-state index contributed by atoms with van der Waals surface area (Å²) >= 11 is 1.56. The number of rotatable bonds is 4. The highest BCUT2D eigenvalue weighted by molar-refractivity contribution is 7.99. The Morgan fingerprint density at radius 3 is 2.71 bits per heavy atom. The Morgan fingerprint density at radius 1 is 1.43 bits per heavy atom. The molecule has 0 aliphatic rings. The van der Waals surface area contributed by atoms with Crippen molar-refractivity contribution in [2.45, 2.75) is 31.3 Å². The van der Waals surface area contributed by atoms with Gasteiger partial charge in [-0.05, 0) is 24.3 Å². The lowest BCUT2D eigenvalue weighted by Crippen LogP contribution is -2.01. The van der Waals surface area contributed by atoms with E-state index in [-0.39, 0.29) is 5.82 Å². The number of aliphatic hydroxyl groups excluding tert-OH is 1. The van der Waals surface area contributed by atoms with E-state index in [4.69, 9.17) is 0 Å². The van der Waals surface area contributed by atoms with Crippen LogP contribution in [-0.2, 0) is 0 Å². The largest absolute Gasteiger partial charge is 0.388 e. The van der Waals surface area contributed by atoms with Gasteiger partial charge in [-0.2, -0.15) is 0 Å². The van der Waals surface area contributed by atoms with Gasteiger partial charge in [-0.1, -0.05) is 19.9 Å². The summed E-state index contributed by atoms with van der Waals surface area (Å²) in [7, 11) is 0. The zero-order valence-electron chi connectivity index (χ0n) is 8.46. The molecule has 1 nitrogen and oxygen atoms in total. The summed E-state index contributed by atoms with van der Waals surface area (Å²) in [5, 5.41) is 9.66. The summed E-state index contributed by atoms with van der Waals surface area (Å²) in [6.07, 6.45) is -0.150. The van der Waals surface area contributed by atoms with Crippen LogP contribution in [0.15, 0.2) is 23.1 Å². The van der Waals surface area contributed by atoms with E-state index in [1.54, 1.807) is 17.8 Å². The van der Waals surface area contributed by atoms with Crippen molar-refractivity contribution >= 4 is 11.8 Å². The number of hydrogen-bond acceptors (Lipinski definition) is 2. The third-order valence-electron chi connectivity index (χ3n) is 2.03. The van der Waals surface area contributed by atoms with E-state index >= 15 is 0 Å². The van der Waals surface area contributed by atoms with Crippen LogP contribution in [0, 0.1) is 5.82 Å². The molecule has 1 atom stereocenters. The smallest absolute Gasteiger partial charge is 0.130 e. The highest BCUT2D eigenvalue weighted by atomic mass is 32.2. The first-order chi connectivity index (χ1) is 6.70. The van der Waals surface area contributed by atoms with Crippen LogP contribution in [0.3, 0.4) is 0 Å². The Hall–Kier alpha value is -0.540. The van der Waals surface area contributed by atoms with Gasteiger partial charge >= 0.3 is 0 Å². The maximum Gasteiger partial charge on any atom is 0.130 e. The van der Waals surface area contributed by atoms with Crippen LogP contribution in [0.25, 0.3) is 0 Å². The summed E-state index contributed by atoms with van der Waals surface area (Å²) in [6, 6.07) is 4.93. The van der Waals surface area contributed by atoms with Crippen LogP contribution < -0.4 is 0 Å². The molecule has 1 N–H and O–H groups in total. The molecule has 14 heavy (non-hydrogen) atoms. The summed E-state index contributed by atoms with van der Waals surface area (Å²) in [5.74, 6) is 0.574. The van der Waals surface area contributed by atoms with E-state index in [1.807, 2.05) is 19.9 Å². The topological polar surface area (TPSA) is 20.2 Å². The van der Waals surface area contributed by atoms with Crippen LogP contribution in [0.5, 0.6) is 0 Å². The zero-order valence-corrected chi connectivity index (χ0v) is 9.27. The van der Waals surface area contributed by atoms with E-state index < -0.39 is 6.10 Å². The van der Waals surface area contributed by atoms with E-state index in [1.165, 1.54) is 6.07 Å². The molecule has 1 aromatic carbocycles. The fourth-order valence-corrected chi connectivity index (χ4v) is 2.20. The number of hydrogen-bond donors (Lipinski definition) is 1. The third kappa shape index (κ3) is 2.49. The van der Waals surface area contributed by atoms with E-state index in [2.05, 4.69) is 0 Å². The molecular weight excluding hydrogens is 199 g/mol. The maximum absolute atomic E-state index is 13.4. The predicted octanol–water partition coefficient (Wildman–Crippen LogP) is 3.38. The minimum Gasteiger partial charge on any atom is -0.388 e. The number of benzene rings is 1. The van der Waals surface area contributed by atoms with Crippen molar-refractivity contribution in [1.82, 2.24) is 0 Å². The van der Waals surface area contributed by atoms with Gasteiger partial charge in [0.2, 0.25) is 0 Å². The van der Waals surface area contributed by atoms with Gasteiger partial charge in [0.15, 0.2) is 0 Å². The second-order valence-electron chi connectivity index (χ2n) is 3.01. The monoisotopic (exact) mass is 214 g/mol. The third-order valence-corrected chi connectivity index (χ3v) is 2.99. The minimum atomic E-state index is -0.690. The van der Waals surface area contributed by atoms with Crippen molar-refractivity contribution in [3.8, 4) is 0 Å². The number of halogens is 1. The lowest BCUT2D eigenvalue weighted by atomic mass is 10.1. The molecule has 0 spiro atoms. The zero-order chi connectivity index (χ0) is 10.6. The van der Waals surface area contributed by atoms with Gasteiger partial charge in [0.1, 0.15) is 5.82 Å². The maximum atomic E-state index is 13.4. The molecule has 0 bridgehead atoms. The van der Waals surface area contributed by atoms with Crippen LogP contribution in [-0.4, -0.2) is 10.9 Å². The average Bonchev–Trinajstić information content (AvgIpc) is 2.18. The van der Waals surface area contributed by atoms with Crippen molar-refractivity contribution in [3.05, 3.63) is 29.6 Å². The Labute approximate surface area is 88.3 Å². The molecule has 0 aliphatic heterocycles. The second-order valence-corrected chi connectivity index (χ2v) is 4.31. The van der Waals surface area contributed by atoms with Gasteiger partial charge < -0.3 is 5.11 Å². The van der Waals surface area contributed by atoms with Gasteiger partial charge in [-0.3, -0.25) is 0 Å². The summed E-state index contributed by atoms with van der Waals surface area (Å²) in [6.45, 7) is 3.86. The Balaban J connectivity index is 3.08. The summed E-state index contributed by atoms with van der Waals surface area (Å²) in [4.78, 5) is 0.849. The molecule has 0 amide bonds. The molecule has 0 aliphatic carbocycles. The van der Waals surface area contributed by atoms with Crippen LogP contribution in [0.1, 0.15) is 31.9 Å². The quantitative estimate of drug-likeness (QED) is 0.775. The first-order valence-electron chi connectivity index (χ1n) is 4.80. The number of aliphatic hydroxyl groups is 1. The second kappa shape index (κ2) is 5.37. The van der Waals surface area contributed by atoms with Crippen LogP contribution >= 0.6 is 11.8 Å². The molecule has 0 fully saturated rings. The fourth-order valence-electron chi connectivity index (χ4n) is 1.33. The highest BCUT2D eigenvalue weighted by Crippen LogP contribution is 2.30. The first kappa shape index (κ1) is 11.5. The van der Waals surface area contributed by atoms with Gasteiger partial charge in [0.05, 0.1) is 6.10 Å². The Kier molecular flexibility index (Phi) is 4.42. The molecule has 78 valence electrons.